The van der Waals surface area contributed by atoms with Crippen LogP contribution in [0.15, 0.2) is 71.1 Å². The maximum atomic E-state index is 13.1. The lowest BCUT2D eigenvalue weighted by atomic mass is 9.94. The number of aryl methyl sites for hydroxylation is 1. The van der Waals surface area contributed by atoms with E-state index in [9.17, 15) is 14.7 Å². The molecule has 1 aromatic carbocycles. The smallest absolute Gasteiger partial charge is 0.296 e. The first-order chi connectivity index (χ1) is 15.1. The zero-order valence-corrected chi connectivity index (χ0v) is 16.7. The maximum Gasteiger partial charge on any atom is 0.296 e. The number of pyridine rings is 1. The van der Waals surface area contributed by atoms with Gasteiger partial charge in [0.15, 0.2) is 0 Å². The largest absolute Gasteiger partial charge is 0.507 e. The Hall–Kier alpha value is -3.87. The van der Waals surface area contributed by atoms with Crippen LogP contribution in [0.3, 0.4) is 0 Å². The number of carbonyl (C=O) groups excluding carboxylic acids is 2. The van der Waals surface area contributed by atoms with Crippen molar-refractivity contribution in [2.75, 3.05) is 6.61 Å². The third kappa shape index (κ3) is 3.38. The number of aliphatic hydroxyl groups excluding tert-OH is 1. The lowest BCUT2D eigenvalue weighted by molar-refractivity contribution is -0.140. The van der Waals surface area contributed by atoms with E-state index in [2.05, 4.69) is 4.98 Å². The summed E-state index contributed by atoms with van der Waals surface area (Å²) in [5, 5.41) is 11.2. The van der Waals surface area contributed by atoms with Gasteiger partial charge in [-0.2, -0.15) is 0 Å². The number of aliphatic hydroxyl groups is 1. The monoisotopic (exact) mass is 416 g/mol. The number of carbonyl (C=O) groups is 2. The molecule has 0 aliphatic carbocycles. The molecule has 1 fully saturated rings. The summed E-state index contributed by atoms with van der Waals surface area (Å²) in [6, 6.07) is 11.5. The predicted molar refractivity (Wildman–Crippen MR) is 111 cm³/mol. The number of ether oxygens (including phenoxy) is 1. The van der Waals surface area contributed by atoms with Gasteiger partial charge in [0.2, 0.25) is 0 Å². The number of fused-ring (bicyclic) bond motifs is 1. The number of furan rings is 1. The molecule has 1 unspecified atom stereocenters. The van der Waals surface area contributed by atoms with Gasteiger partial charge in [0.25, 0.3) is 11.7 Å². The van der Waals surface area contributed by atoms with E-state index in [4.69, 9.17) is 9.15 Å². The second kappa shape index (κ2) is 7.75. The normalized spacial score (nSPS) is 19.9. The Morgan fingerprint density at radius 3 is 2.77 bits per heavy atom. The second-order valence-corrected chi connectivity index (χ2v) is 7.56. The van der Waals surface area contributed by atoms with Crippen molar-refractivity contribution in [3.63, 3.8) is 0 Å². The van der Waals surface area contributed by atoms with Crippen LogP contribution in [0.4, 0.5) is 0 Å². The summed E-state index contributed by atoms with van der Waals surface area (Å²) in [5.74, 6) is -0.269. The average Bonchev–Trinajstić information content (AvgIpc) is 3.41. The maximum absolute atomic E-state index is 13.1. The number of aromatic nitrogens is 1. The summed E-state index contributed by atoms with van der Waals surface area (Å²) in [6.45, 7) is 0.775. The van der Waals surface area contributed by atoms with Gasteiger partial charge in [-0.25, -0.2) is 0 Å². The van der Waals surface area contributed by atoms with Crippen LogP contribution < -0.4 is 4.74 Å². The Labute approximate surface area is 178 Å². The molecule has 2 aromatic heterocycles. The van der Waals surface area contributed by atoms with E-state index in [1.54, 1.807) is 48.8 Å². The van der Waals surface area contributed by atoms with Gasteiger partial charge < -0.3 is 19.2 Å². The van der Waals surface area contributed by atoms with Gasteiger partial charge in [0.1, 0.15) is 17.3 Å². The van der Waals surface area contributed by atoms with Crippen molar-refractivity contribution < 1.29 is 23.8 Å². The van der Waals surface area contributed by atoms with Crippen LogP contribution in [0.5, 0.6) is 5.75 Å². The van der Waals surface area contributed by atoms with Gasteiger partial charge in [-0.3, -0.25) is 14.6 Å². The van der Waals surface area contributed by atoms with Crippen LogP contribution in [0.25, 0.3) is 5.76 Å². The second-order valence-electron chi connectivity index (χ2n) is 7.56. The molecule has 5 rings (SSSR count). The van der Waals surface area contributed by atoms with E-state index < -0.39 is 17.7 Å². The number of rotatable bonds is 4. The molecule has 1 N–H and O–H groups in total. The summed E-state index contributed by atoms with van der Waals surface area (Å²) in [4.78, 5) is 31.5. The molecule has 7 heteroatoms. The van der Waals surface area contributed by atoms with Crippen molar-refractivity contribution in [1.82, 2.24) is 9.88 Å². The van der Waals surface area contributed by atoms with E-state index >= 15 is 0 Å². The Kier molecular flexibility index (Phi) is 4.78. The van der Waals surface area contributed by atoms with Crippen molar-refractivity contribution in [2.24, 2.45) is 0 Å². The molecule has 0 bridgehead atoms. The zero-order chi connectivity index (χ0) is 21.4. The van der Waals surface area contributed by atoms with E-state index in [0.29, 0.717) is 23.5 Å². The highest BCUT2D eigenvalue weighted by atomic mass is 16.5. The van der Waals surface area contributed by atoms with Gasteiger partial charge in [0.05, 0.1) is 31.0 Å². The van der Waals surface area contributed by atoms with Crippen molar-refractivity contribution >= 4 is 17.4 Å². The van der Waals surface area contributed by atoms with Crippen LogP contribution in [0, 0.1) is 0 Å². The van der Waals surface area contributed by atoms with Crippen LogP contribution in [0.2, 0.25) is 0 Å². The van der Waals surface area contributed by atoms with Crippen LogP contribution in [0.1, 0.15) is 34.9 Å². The molecule has 31 heavy (non-hydrogen) atoms. The van der Waals surface area contributed by atoms with Crippen molar-refractivity contribution in [2.45, 2.75) is 25.4 Å². The summed E-state index contributed by atoms with van der Waals surface area (Å²) in [5.41, 5.74) is 2.20. The molecule has 2 aliphatic rings. The molecule has 4 heterocycles. The van der Waals surface area contributed by atoms with E-state index in [-0.39, 0.29) is 17.9 Å². The highest BCUT2D eigenvalue weighted by molar-refractivity contribution is 6.46. The fourth-order valence-corrected chi connectivity index (χ4v) is 4.17. The van der Waals surface area contributed by atoms with E-state index in [1.807, 2.05) is 6.07 Å². The number of hydrogen-bond donors (Lipinski definition) is 1. The summed E-state index contributed by atoms with van der Waals surface area (Å²) < 4.78 is 11.0. The molecule has 1 amide bonds. The standard InChI is InChI=1S/C24H20N2O5/c27-22(17-5-6-19-16(13-17)3-1-12-31-19)20-21(15-7-9-25-10-8-15)26(24(29)23(20)28)14-18-4-2-11-30-18/h2,4-11,13,21,27H,1,3,12,14H2/b22-20-. The molecule has 2 aliphatic heterocycles. The molecular formula is C24H20N2O5. The summed E-state index contributed by atoms with van der Waals surface area (Å²) >= 11 is 0. The first kappa shape index (κ1) is 19.1. The fourth-order valence-electron chi connectivity index (χ4n) is 4.17. The van der Waals surface area contributed by atoms with Gasteiger partial charge in [-0.05, 0) is 66.4 Å². The van der Waals surface area contributed by atoms with E-state index in [1.165, 1.54) is 11.2 Å². The SMILES string of the molecule is O=C1C(=O)N(Cc2ccco2)C(c2ccncc2)/C1=C(/O)c1ccc2c(c1)CCCO2. The van der Waals surface area contributed by atoms with Crippen molar-refractivity contribution in [3.05, 3.63) is 89.1 Å². The number of ketones is 1. The molecule has 1 saturated heterocycles. The number of likely N-dealkylation sites (tertiary alicyclic amines) is 1. The Bertz CT molecular complexity index is 1170. The molecule has 0 saturated carbocycles. The summed E-state index contributed by atoms with van der Waals surface area (Å²) in [7, 11) is 0. The third-order valence-corrected chi connectivity index (χ3v) is 5.65. The Morgan fingerprint density at radius 2 is 2.00 bits per heavy atom. The zero-order valence-electron chi connectivity index (χ0n) is 16.7. The molecule has 156 valence electrons. The summed E-state index contributed by atoms with van der Waals surface area (Å²) in [6.07, 6.45) is 6.43. The molecule has 1 atom stereocenters. The van der Waals surface area contributed by atoms with Crippen molar-refractivity contribution in [1.29, 1.82) is 0 Å². The van der Waals surface area contributed by atoms with Gasteiger partial charge >= 0.3 is 0 Å². The quantitative estimate of drug-likeness (QED) is 0.397. The average molecular weight is 416 g/mol. The highest BCUT2D eigenvalue weighted by Crippen LogP contribution is 2.40. The topological polar surface area (TPSA) is 92.9 Å². The first-order valence-corrected chi connectivity index (χ1v) is 10.1. The molecule has 0 spiro atoms. The molecule has 7 nitrogen and oxygen atoms in total. The van der Waals surface area contributed by atoms with Gasteiger partial charge in [-0.1, -0.05) is 0 Å². The minimum absolute atomic E-state index is 0.0550. The van der Waals surface area contributed by atoms with Crippen LogP contribution >= 0.6 is 0 Å². The molecular weight excluding hydrogens is 396 g/mol. The molecule has 0 radical (unpaired) electrons. The van der Waals surface area contributed by atoms with E-state index in [0.717, 1.165) is 24.2 Å². The number of hydrogen-bond acceptors (Lipinski definition) is 6. The Morgan fingerprint density at radius 1 is 1.16 bits per heavy atom. The molecule has 3 aromatic rings. The number of benzene rings is 1. The van der Waals surface area contributed by atoms with Crippen molar-refractivity contribution in [3.8, 4) is 5.75 Å². The highest BCUT2D eigenvalue weighted by Gasteiger charge is 2.46. The number of nitrogens with zero attached hydrogens (tertiary/aromatic N) is 2. The van der Waals surface area contributed by atoms with Crippen LogP contribution in [-0.4, -0.2) is 33.3 Å². The fraction of sp³-hybridized carbons (Fsp3) is 0.208. The lowest BCUT2D eigenvalue weighted by Crippen LogP contribution is -2.29. The van der Waals surface area contributed by atoms with Crippen LogP contribution in [-0.2, 0) is 22.6 Å². The lowest BCUT2D eigenvalue weighted by Gasteiger charge is -2.24. The van der Waals surface area contributed by atoms with Gasteiger partial charge in [-0.15, -0.1) is 0 Å². The Balaban J connectivity index is 1.63. The minimum Gasteiger partial charge on any atom is -0.507 e. The minimum atomic E-state index is -0.750. The number of amides is 1. The number of Topliss-reactive ketones (excluding diaryl/α,β-unsaturated/α-hetero) is 1. The van der Waals surface area contributed by atoms with Gasteiger partial charge in [0, 0.05) is 18.0 Å². The third-order valence-electron chi connectivity index (χ3n) is 5.65. The first-order valence-electron chi connectivity index (χ1n) is 10.1. The predicted octanol–water partition coefficient (Wildman–Crippen LogP) is 3.62.